The fourth-order valence-corrected chi connectivity index (χ4v) is 6.75. The van der Waals surface area contributed by atoms with Gasteiger partial charge < -0.3 is 24.1 Å². The number of anilines is 1. The number of Topliss-reactive ketones (excluding diaryl/α,β-unsaturated/α-hetero) is 1. The van der Waals surface area contributed by atoms with Crippen molar-refractivity contribution in [1.82, 2.24) is 4.98 Å². The highest BCUT2D eigenvalue weighted by Crippen LogP contribution is 2.46. The molecule has 0 radical (unpaired) electrons. The summed E-state index contributed by atoms with van der Waals surface area (Å²) in [5, 5.41) is 12.1. The number of carbonyl (C=O) groups excluding carboxylic acids is 2. The maximum Gasteiger partial charge on any atom is 0.301 e. The summed E-state index contributed by atoms with van der Waals surface area (Å²) >= 11 is 1.28. The molecule has 1 N–H and O–H groups in total. The molecule has 9 nitrogen and oxygen atoms in total. The van der Waals surface area contributed by atoms with Gasteiger partial charge in [0.15, 0.2) is 16.6 Å². The molecular weight excluding hydrogens is 592 g/mol. The molecule has 0 aliphatic carbocycles. The quantitative estimate of drug-likeness (QED) is 0.0803. The first-order chi connectivity index (χ1) is 21.8. The smallest absolute Gasteiger partial charge is 0.301 e. The second kappa shape index (κ2) is 12.8. The van der Waals surface area contributed by atoms with Crippen LogP contribution in [0, 0.1) is 0 Å². The number of carbonyl (C=O) groups is 2. The molecule has 3 heterocycles. The van der Waals surface area contributed by atoms with Crippen LogP contribution in [-0.2, 0) is 16.0 Å². The van der Waals surface area contributed by atoms with E-state index in [1.807, 2.05) is 45.0 Å². The van der Waals surface area contributed by atoms with Crippen LogP contribution in [0.25, 0.3) is 16.0 Å². The number of aliphatic hydroxyl groups excluding tert-OH is 1. The van der Waals surface area contributed by atoms with Gasteiger partial charge in [-0.2, -0.15) is 0 Å². The lowest BCUT2D eigenvalue weighted by Gasteiger charge is -2.24. The van der Waals surface area contributed by atoms with E-state index in [1.165, 1.54) is 16.2 Å². The number of hydrogen-bond acceptors (Lipinski definition) is 9. The van der Waals surface area contributed by atoms with Gasteiger partial charge >= 0.3 is 5.91 Å². The first-order valence-electron chi connectivity index (χ1n) is 15.4. The molecule has 0 saturated carbocycles. The fraction of sp³-hybridized carbons (Fsp3) is 0.343. The second-order valence-electron chi connectivity index (χ2n) is 11.0. The molecule has 2 aliphatic heterocycles. The van der Waals surface area contributed by atoms with Crippen molar-refractivity contribution in [2.24, 2.45) is 0 Å². The van der Waals surface area contributed by atoms with Crippen molar-refractivity contribution >= 4 is 44.1 Å². The Labute approximate surface area is 266 Å². The van der Waals surface area contributed by atoms with E-state index >= 15 is 0 Å². The summed E-state index contributed by atoms with van der Waals surface area (Å²) < 4.78 is 24.3. The minimum Gasteiger partial charge on any atom is -0.507 e. The lowest BCUT2D eigenvalue weighted by molar-refractivity contribution is -0.132. The number of rotatable bonds is 11. The average molecular weight is 629 g/mol. The molecule has 2 atom stereocenters. The Morgan fingerprint density at radius 3 is 2.60 bits per heavy atom. The first kappa shape index (κ1) is 30.5. The van der Waals surface area contributed by atoms with Crippen molar-refractivity contribution in [3.63, 3.8) is 0 Å². The molecule has 1 fully saturated rings. The number of thiazole rings is 1. The minimum atomic E-state index is -0.968. The van der Waals surface area contributed by atoms with Crippen LogP contribution in [0.2, 0.25) is 0 Å². The molecule has 10 heteroatoms. The van der Waals surface area contributed by atoms with E-state index in [-0.39, 0.29) is 17.4 Å². The molecule has 1 saturated heterocycles. The van der Waals surface area contributed by atoms with Crippen molar-refractivity contribution in [2.45, 2.75) is 59.1 Å². The van der Waals surface area contributed by atoms with E-state index in [4.69, 9.17) is 23.9 Å². The summed E-state index contributed by atoms with van der Waals surface area (Å²) in [5.41, 5.74) is 2.59. The zero-order valence-electron chi connectivity index (χ0n) is 25.8. The minimum absolute atomic E-state index is 0.0142. The number of unbranched alkanes of at least 4 members (excludes halogenated alkanes) is 1. The van der Waals surface area contributed by atoms with Crippen molar-refractivity contribution in [1.29, 1.82) is 0 Å². The van der Waals surface area contributed by atoms with Crippen LogP contribution >= 0.6 is 11.3 Å². The van der Waals surface area contributed by atoms with Gasteiger partial charge in [-0.1, -0.05) is 30.7 Å². The zero-order valence-corrected chi connectivity index (χ0v) is 26.6. The fourth-order valence-electron chi connectivity index (χ4n) is 5.73. The number of nitrogens with zero attached hydrogens (tertiary/aromatic N) is 2. The number of fused-ring (bicyclic) bond motifs is 2. The number of ketones is 1. The largest absolute Gasteiger partial charge is 0.507 e. The highest BCUT2D eigenvalue weighted by Gasteiger charge is 2.48. The van der Waals surface area contributed by atoms with Crippen molar-refractivity contribution < 1.29 is 33.6 Å². The molecule has 1 amide bonds. The van der Waals surface area contributed by atoms with Crippen LogP contribution in [0.5, 0.6) is 23.0 Å². The van der Waals surface area contributed by atoms with Crippen molar-refractivity contribution in [2.75, 3.05) is 24.7 Å². The first-order valence-corrected chi connectivity index (χ1v) is 16.2. The number of aromatic nitrogens is 1. The van der Waals surface area contributed by atoms with Crippen LogP contribution in [0.1, 0.15) is 63.3 Å². The van der Waals surface area contributed by atoms with Gasteiger partial charge in [-0.3, -0.25) is 14.5 Å². The molecule has 1 aromatic heterocycles. The summed E-state index contributed by atoms with van der Waals surface area (Å²) in [6.07, 6.45) is 2.57. The normalized spacial score (nSPS) is 18.7. The topological polar surface area (TPSA) is 107 Å². The third kappa shape index (κ3) is 5.82. The Kier molecular flexibility index (Phi) is 8.67. The Morgan fingerprint density at radius 1 is 1.00 bits per heavy atom. The second-order valence-corrected chi connectivity index (χ2v) is 12.0. The molecule has 4 aromatic rings. The van der Waals surface area contributed by atoms with E-state index in [0.717, 1.165) is 28.9 Å². The highest BCUT2D eigenvalue weighted by molar-refractivity contribution is 7.22. The van der Waals surface area contributed by atoms with Gasteiger partial charge in [0, 0.05) is 12.0 Å². The molecule has 0 spiro atoms. The summed E-state index contributed by atoms with van der Waals surface area (Å²) in [6, 6.07) is 15.2. The molecular formula is C35H36N2O7S. The van der Waals surface area contributed by atoms with Crippen LogP contribution in [-0.4, -0.2) is 47.7 Å². The van der Waals surface area contributed by atoms with E-state index in [9.17, 15) is 14.7 Å². The SMILES string of the molecule is CCCCOc1ccc([C@@H]2C(=C(O)c3ccc4c(c3)C[C@@H](C)O4)C(=O)C(=O)N2c2nc3ccc(OCC)cc3s2)cc1OCC. The predicted octanol–water partition coefficient (Wildman–Crippen LogP) is 7.22. The summed E-state index contributed by atoms with van der Waals surface area (Å²) in [4.78, 5) is 33.8. The van der Waals surface area contributed by atoms with Crippen LogP contribution < -0.4 is 23.8 Å². The van der Waals surface area contributed by atoms with Gasteiger partial charge in [-0.15, -0.1) is 0 Å². The van der Waals surface area contributed by atoms with E-state index < -0.39 is 17.7 Å². The van der Waals surface area contributed by atoms with Gasteiger partial charge in [0.2, 0.25) is 0 Å². The molecule has 6 rings (SSSR count). The van der Waals surface area contributed by atoms with Crippen LogP contribution in [0.4, 0.5) is 5.13 Å². The molecule has 45 heavy (non-hydrogen) atoms. The Hall–Kier alpha value is -4.57. The monoisotopic (exact) mass is 628 g/mol. The summed E-state index contributed by atoms with van der Waals surface area (Å²) in [7, 11) is 0. The third-order valence-electron chi connectivity index (χ3n) is 7.82. The number of benzene rings is 3. The molecule has 2 aliphatic rings. The summed E-state index contributed by atoms with van der Waals surface area (Å²) in [5.74, 6) is 0.672. The van der Waals surface area contributed by atoms with E-state index in [1.54, 1.807) is 30.3 Å². The zero-order chi connectivity index (χ0) is 31.7. The van der Waals surface area contributed by atoms with Gasteiger partial charge in [0.1, 0.15) is 23.4 Å². The lowest BCUT2D eigenvalue weighted by atomic mass is 9.94. The number of aliphatic hydroxyl groups is 1. The molecule has 0 bridgehead atoms. The number of ether oxygens (including phenoxy) is 4. The Morgan fingerprint density at radius 2 is 1.82 bits per heavy atom. The standard InChI is InChI=1S/C35H36N2O7S/c1-5-8-15-43-27-14-9-21(18-28(27)42-7-3)31-30(32(38)22-10-13-26-23(17-22)16-20(4)44-26)33(39)34(40)37(31)35-36-25-12-11-24(41-6-2)19-29(25)45-35/h9-14,17-20,31,38H,5-8,15-16H2,1-4H3/t20-,31-/m1/s1. The van der Waals surface area contributed by atoms with Gasteiger partial charge in [-0.25, -0.2) is 4.98 Å². The molecule has 3 aromatic carbocycles. The predicted molar refractivity (Wildman–Crippen MR) is 174 cm³/mol. The van der Waals surface area contributed by atoms with E-state index in [2.05, 4.69) is 6.92 Å². The van der Waals surface area contributed by atoms with Gasteiger partial charge in [0.25, 0.3) is 5.78 Å². The maximum atomic E-state index is 13.9. The number of amides is 1. The summed E-state index contributed by atoms with van der Waals surface area (Å²) in [6.45, 7) is 9.30. The van der Waals surface area contributed by atoms with Crippen LogP contribution in [0.3, 0.4) is 0 Å². The molecule has 0 unspecified atom stereocenters. The molecule has 234 valence electrons. The highest BCUT2D eigenvalue weighted by atomic mass is 32.1. The Balaban J connectivity index is 1.50. The van der Waals surface area contributed by atoms with Crippen molar-refractivity contribution in [3.05, 3.63) is 76.9 Å². The van der Waals surface area contributed by atoms with Crippen LogP contribution in [0.15, 0.2) is 60.2 Å². The lowest BCUT2D eigenvalue weighted by Crippen LogP contribution is -2.29. The maximum absolute atomic E-state index is 13.9. The average Bonchev–Trinajstić information content (AvgIpc) is 3.69. The Bertz CT molecular complexity index is 1800. The van der Waals surface area contributed by atoms with E-state index in [0.29, 0.717) is 65.3 Å². The van der Waals surface area contributed by atoms with Gasteiger partial charge in [-0.05, 0) is 86.8 Å². The van der Waals surface area contributed by atoms with Gasteiger partial charge in [0.05, 0.1) is 41.7 Å². The number of hydrogen-bond donors (Lipinski definition) is 1. The van der Waals surface area contributed by atoms with Crippen molar-refractivity contribution in [3.8, 4) is 23.0 Å². The third-order valence-corrected chi connectivity index (χ3v) is 8.84.